The van der Waals surface area contributed by atoms with Gasteiger partial charge >= 0.3 is 0 Å². The molecule has 0 aliphatic carbocycles. The molecule has 2 rings (SSSR count). The number of hydrogen-bond donors (Lipinski definition) is 0. The summed E-state index contributed by atoms with van der Waals surface area (Å²) in [5, 5.41) is 0. The summed E-state index contributed by atoms with van der Waals surface area (Å²) in [5.41, 5.74) is 1.92. The Balaban J connectivity index is 2.06. The zero-order valence-electron chi connectivity index (χ0n) is 10.5. The van der Waals surface area contributed by atoms with Crippen LogP contribution in [0.15, 0.2) is 24.3 Å². The molecule has 1 saturated heterocycles. The van der Waals surface area contributed by atoms with Gasteiger partial charge in [-0.3, -0.25) is 9.69 Å². The fourth-order valence-electron chi connectivity index (χ4n) is 2.05. The van der Waals surface area contributed by atoms with Gasteiger partial charge in [0.15, 0.2) is 5.78 Å². The van der Waals surface area contributed by atoms with Crippen LogP contribution in [-0.2, 0) is 4.74 Å². The van der Waals surface area contributed by atoms with Crippen LogP contribution in [-0.4, -0.2) is 43.0 Å². The van der Waals surface area contributed by atoms with Crippen LogP contribution in [0.3, 0.4) is 0 Å². The Morgan fingerprint density at radius 3 is 2.76 bits per heavy atom. The maximum Gasteiger partial charge on any atom is 0.192 e. The number of carbonyl (C=O) groups is 1. The average Bonchev–Trinajstić information content (AvgIpc) is 2.39. The third kappa shape index (κ3) is 2.93. The van der Waals surface area contributed by atoms with Crippen molar-refractivity contribution in [3.8, 4) is 0 Å². The molecule has 1 aliphatic heterocycles. The Labute approximate surface area is 102 Å². The number of morpholine rings is 1. The molecule has 0 radical (unpaired) electrons. The molecule has 1 heterocycles. The summed E-state index contributed by atoms with van der Waals surface area (Å²) in [6, 6.07) is 7.69. The summed E-state index contributed by atoms with van der Waals surface area (Å²) >= 11 is 0. The van der Waals surface area contributed by atoms with E-state index in [1.165, 1.54) is 5.56 Å². The van der Waals surface area contributed by atoms with Gasteiger partial charge in [0.05, 0.1) is 6.61 Å². The van der Waals surface area contributed by atoms with E-state index in [-0.39, 0.29) is 11.9 Å². The molecule has 1 unspecified atom stereocenters. The number of ketones is 1. The molecular weight excluding hydrogens is 214 g/mol. The second kappa shape index (κ2) is 5.43. The number of rotatable bonds is 3. The van der Waals surface area contributed by atoms with Crippen molar-refractivity contribution in [2.45, 2.75) is 20.0 Å². The molecule has 1 atom stereocenters. The van der Waals surface area contributed by atoms with E-state index < -0.39 is 0 Å². The topological polar surface area (TPSA) is 29.5 Å². The highest BCUT2D eigenvalue weighted by Crippen LogP contribution is 2.12. The monoisotopic (exact) mass is 233 g/mol. The van der Waals surface area contributed by atoms with E-state index in [0.29, 0.717) is 13.2 Å². The van der Waals surface area contributed by atoms with E-state index in [2.05, 4.69) is 11.8 Å². The lowest BCUT2D eigenvalue weighted by Gasteiger charge is -2.31. The number of nitrogens with zero attached hydrogens (tertiary/aromatic N) is 1. The van der Waals surface area contributed by atoms with Crippen molar-refractivity contribution in [2.75, 3.05) is 26.2 Å². The summed E-state index contributed by atoms with van der Waals surface area (Å²) in [6.45, 7) is 7.39. The van der Waals surface area contributed by atoms with E-state index in [0.717, 1.165) is 18.7 Å². The highest BCUT2D eigenvalue weighted by molar-refractivity contribution is 5.99. The summed E-state index contributed by atoms with van der Waals surface area (Å²) in [7, 11) is 0. The van der Waals surface area contributed by atoms with Gasteiger partial charge in [-0.2, -0.15) is 0 Å². The minimum absolute atomic E-state index is 0.100. The lowest BCUT2D eigenvalue weighted by atomic mass is 10.0. The maximum absolute atomic E-state index is 12.2. The second-order valence-electron chi connectivity index (χ2n) is 4.48. The lowest BCUT2D eigenvalue weighted by Crippen LogP contribution is -2.45. The Hall–Kier alpha value is -1.19. The Kier molecular flexibility index (Phi) is 3.92. The molecule has 1 fully saturated rings. The zero-order valence-corrected chi connectivity index (χ0v) is 10.5. The van der Waals surface area contributed by atoms with Crippen molar-refractivity contribution < 1.29 is 9.53 Å². The van der Waals surface area contributed by atoms with E-state index >= 15 is 0 Å². The number of ether oxygens (including phenoxy) is 1. The van der Waals surface area contributed by atoms with Crippen molar-refractivity contribution in [1.29, 1.82) is 0 Å². The molecule has 0 bridgehead atoms. The first-order valence-corrected chi connectivity index (χ1v) is 6.15. The molecular formula is C14H19NO2. The highest BCUT2D eigenvalue weighted by Gasteiger charge is 2.26. The average molecular weight is 233 g/mol. The normalized spacial score (nSPS) is 21.4. The number of Topliss-reactive ketones (excluding diaryl/α,β-unsaturated/α-hetero) is 1. The Bertz CT molecular complexity index is 386. The molecule has 0 aromatic heterocycles. The Morgan fingerprint density at radius 2 is 2.12 bits per heavy atom. The first-order valence-electron chi connectivity index (χ1n) is 6.15. The minimum Gasteiger partial charge on any atom is -0.367 e. The van der Waals surface area contributed by atoms with Crippen LogP contribution in [0.25, 0.3) is 0 Å². The molecule has 0 saturated carbocycles. The van der Waals surface area contributed by atoms with Gasteiger partial charge in [-0.1, -0.05) is 36.8 Å². The van der Waals surface area contributed by atoms with Gasteiger partial charge in [-0.15, -0.1) is 0 Å². The third-order valence-corrected chi connectivity index (χ3v) is 3.23. The van der Waals surface area contributed by atoms with E-state index in [9.17, 15) is 4.79 Å². The van der Waals surface area contributed by atoms with Crippen molar-refractivity contribution in [2.24, 2.45) is 0 Å². The van der Waals surface area contributed by atoms with Gasteiger partial charge in [0.1, 0.15) is 6.10 Å². The summed E-state index contributed by atoms with van der Waals surface area (Å²) in [4.78, 5) is 14.5. The van der Waals surface area contributed by atoms with Crippen LogP contribution in [0.4, 0.5) is 0 Å². The molecule has 3 heteroatoms. The number of aryl methyl sites for hydroxylation is 1. The van der Waals surface area contributed by atoms with Gasteiger partial charge in [0.25, 0.3) is 0 Å². The maximum atomic E-state index is 12.2. The van der Waals surface area contributed by atoms with Gasteiger partial charge < -0.3 is 4.74 Å². The molecule has 92 valence electrons. The molecule has 3 nitrogen and oxygen atoms in total. The lowest BCUT2D eigenvalue weighted by molar-refractivity contribution is -0.0148. The Morgan fingerprint density at radius 1 is 1.41 bits per heavy atom. The van der Waals surface area contributed by atoms with Crippen molar-refractivity contribution in [1.82, 2.24) is 4.90 Å². The van der Waals surface area contributed by atoms with E-state index in [1.807, 2.05) is 31.2 Å². The third-order valence-electron chi connectivity index (χ3n) is 3.23. The summed E-state index contributed by atoms with van der Waals surface area (Å²) in [6.07, 6.45) is -0.300. The van der Waals surface area contributed by atoms with Crippen molar-refractivity contribution >= 4 is 5.78 Å². The van der Waals surface area contributed by atoms with Gasteiger partial charge in [-0.05, 0) is 13.5 Å². The smallest absolute Gasteiger partial charge is 0.192 e. The number of benzene rings is 1. The predicted octanol–water partition coefficient (Wildman–Crippen LogP) is 1.90. The molecule has 1 aromatic rings. The van der Waals surface area contributed by atoms with Crippen molar-refractivity contribution in [3.05, 3.63) is 35.4 Å². The van der Waals surface area contributed by atoms with Crippen LogP contribution in [0, 0.1) is 6.92 Å². The molecule has 1 aliphatic rings. The second-order valence-corrected chi connectivity index (χ2v) is 4.48. The van der Waals surface area contributed by atoms with Crippen LogP contribution < -0.4 is 0 Å². The molecule has 1 aromatic carbocycles. The number of likely N-dealkylation sites (N-methyl/N-ethyl adjacent to an activating group) is 1. The molecule has 0 N–H and O–H groups in total. The SMILES string of the molecule is CCN1CCOC(C(=O)c2ccc(C)cc2)C1. The zero-order chi connectivity index (χ0) is 12.3. The van der Waals surface area contributed by atoms with Crippen LogP contribution in [0.5, 0.6) is 0 Å². The van der Waals surface area contributed by atoms with E-state index in [4.69, 9.17) is 4.74 Å². The number of hydrogen-bond acceptors (Lipinski definition) is 3. The largest absolute Gasteiger partial charge is 0.367 e. The predicted molar refractivity (Wildman–Crippen MR) is 67.4 cm³/mol. The minimum atomic E-state index is -0.300. The van der Waals surface area contributed by atoms with Crippen LogP contribution in [0.1, 0.15) is 22.8 Å². The fourth-order valence-corrected chi connectivity index (χ4v) is 2.05. The first-order chi connectivity index (χ1) is 8.20. The quantitative estimate of drug-likeness (QED) is 0.747. The van der Waals surface area contributed by atoms with Crippen LogP contribution >= 0.6 is 0 Å². The van der Waals surface area contributed by atoms with Gasteiger partial charge in [0, 0.05) is 18.7 Å². The van der Waals surface area contributed by atoms with Crippen molar-refractivity contribution in [3.63, 3.8) is 0 Å². The van der Waals surface area contributed by atoms with E-state index in [1.54, 1.807) is 0 Å². The highest BCUT2D eigenvalue weighted by atomic mass is 16.5. The van der Waals surface area contributed by atoms with Gasteiger partial charge in [-0.25, -0.2) is 0 Å². The van der Waals surface area contributed by atoms with Crippen LogP contribution in [0.2, 0.25) is 0 Å². The first kappa shape index (κ1) is 12.3. The molecule has 17 heavy (non-hydrogen) atoms. The standard InChI is InChI=1S/C14H19NO2/c1-3-15-8-9-17-13(10-15)14(16)12-6-4-11(2)5-7-12/h4-7,13H,3,8-10H2,1-2H3. The number of carbonyl (C=O) groups excluding carboxylic acids is 1. The fraction of sp³-hybridized carbons (Fsp3) is 0.500. The molecule has 0 amide bonds. The molecule has 0 spiro atoms. The van der Waals surface area contributed by atoms with Gasteiger partial charge in [0.2, 0.25) is 0 Å². The summed E-state index contributed by atoms with van der Waals surface area (Å²) < 4.78 is 5.57. The summed E-state index contributed by atoms with van der Waals surface area (Å²) in [5.74, 6) is 0.100.